The Morgan fingerprint density at radius 1 is 1.13 bits per heavy atom. The van der Waals surface area contributed by atoms with Gasteiger partial charge >= 0.3 is 6.18 Å². The maximum Gasteiger partial charge on any atom is 0.433 e. The number of aromatic nitrogens is 4. The van der Waals surface area contributed by atoms with Crippen LogP contribution in [0, 0.1) is 32.6 Å². The Hall–Kier alpha value is -4.24. The molecule has 9 nitrogen and oxygen atoms in total. The number of benzene rings is 1. The molecule has 0 bridgehead atoms. The van der Waals surface area contributed by atoms with Crippen molar-refractivity contribution in [3.05, 3.63) is 69.8 Å². The summed E-state index contributed by atoms with van der Waals surface area (Å²) in [6, 6.07) is 7.87. The van der Waals surface area contributed by atoms with Crippen LogP contribution < -0.4 is 15.3 Å². The lowest BCUT2D eigenvalue weighted by atomic mass is 10.1. The number of carbonyl (C=O) groups excluding carboxylic acids is 2. The lowest BCUT2D eigenvalue weighted by Gasteiger charge is -2.29. The first kappa shape index (κ1) is 26.8. The Balaban J connectivity index is 1.70. The van der Waals surface area contributed by atoms with Gasteiger partial charge in [0.05, 0.1) is 18.7 Å². The summed E-state index contributed by atoms with van der Waals surface area (Å²) in [6.45, 7) is 4.79. The van der Waals surface area contributed by atoms with E-state index < -0.39 is 35.7 Å². The van der Waals surface area contributed by atoms with Crippen LogP contribution in [0.15, 0.2) is 36.4 Å². The number of hydrogen-bond acceptors (Lipinski definition) is 7. The molecule has 1 saturated heterocycles. The first-order valence-corrected chi connectivity index (χ1v) is 11.7. The number of aryl methyl sites for hydroxylation is 3. The van der Waals surface area contributed by atoms with Crippen LogP contribution in [-0.4, -0.2) is 44.6 Å². The van der Waals surface area contributed by atoms with Gasteiger partial charge in [-0.15, -0.1) is 5.10 Å². The molecule has 1 aromatic carbocycles. The first-order chi connectivity index (χ1) is 17.9. The molecule has 196 valence electrons. The zero-order valence-electron chi connectivity index (χ0n) is 20.5. The molecule has 2 amide bonds. The van der Waals surface area contributed by atoms with Crippen molar-refractivity contribution in [3.8, 4) is 11.8 Å². The third-order valence-electron chi connectivity index (χ3n) is 5.54. The molecule has 38 heavy (non-hydrogen) atoms. The van der Waals surface area contributed by atoms with E-state index >= 15 is 0 Å². The van der Waals surface area contributed by atoms with Gasteiger partial charge in [0.15, 0.2) is 0 Å². The highest BCUT2D eigenvalue weighted by molar-refractivity contribution is 6.31. The molecule has 0 aliphatic carbocycles. The van der Waals surface area contributed by atoms with Gasteiger partial charge in [-0.05, 0) is 68.7 Å². The molecule has 3 heterocycles. The summed E-state index contributed by atoms with van der Waals surface area (Å²) < 4.78 is 40.1. The van der Waals surface area contributed by atoms with Crippen molar-refractivity contribution < 1.29 is 22.8 Å². The summed E-state index contributed by atoms with van der Waals surface area (Å²) in [4.78, 5) is 35.1. The van der Waals surface area contributed by atoms with E-state index in [1.807, 2.05) is 0 Å². The van der Waals surface area contributed by atoms with Gasteiger partial charge in [0, 0.05) is 16.4 Å². The second-order valence-corrected chi connectivity index (χ2v) is 8.94. The number of nitrogens with zero attached hydrogens (tertiary/aromatic N) is 6. The predicted molar refractivity (Wildman–Crippen MR) is 133 cm³/mol. The largest absolute Gasteiger partial charge is 0.433 e. The van der Waals surface area contributed by atoms with Crippen LogP contribution in [0.2, 0.25) is 5.02 Å². The standard InChI is InChI=1S/C25H21ClF3N7O2/c1-14-11-18(8-9-19(14)26)35(10-4-5-17-7-6-15(2)32-33-17)23(38)20-13-22(37)34-36(20)24-30-16(3)12-21(31-24)25(27,28)29/h6-9,11-12,20H,10,13H2,1-3H3,(H,34,37). The fourth-order valence-corrected chi connectivity index (χ4v) is 3.78. The molecule has 1 atom stereocenters. The minimum absolute atomic E-state index is 0.0185. The second kappa shape index (κ2) is 10.6. The smallest absolute Gasteiger partial charge is 0.299 e. The number of nitrogens with one attached hydrogen (secondary N) is 1. The number of rotatable bonds is 4. The van der Waals surface area contributed by atoms with Crippen LogP contribution in [0.25, 0.3) is 0 Å². The highest BCUT2D eigenvalue weighted by atomic mass is 35.5. The van der Waals surface area contributed by atoms with E-state index in [2.05, 4.69) is 37.4 Å². The zero-order valence-corrected chi connectivity index (χ0v) is 21.2. The van der Waals surface area contributed by atoms with Crippen molar-refractivity contribution in [1.82, 2.24) is 25.6 Å². The number of alkyl halides is 3. The Kier molecular flexibility index (Phi) is 7.50. The topological polar surface area (TPSA) is 104 Å². The maximum atomic E-state index is 13.8. The van der Waals surface area contributed by atoms with Crippen LogP contribution in [0.4, 0.5) is 24.8 Å². The van der Waals surface area contributed by atoms with Crippen molar-refractivity contribution in [1.29, 1.82) is 0 Å². The Morgan fingerprint density at radius 2 is 1.89 bits per heavy atom. The number of anilines is 2. The molecular weight excluding hydrogens is 523 g/mol. The molecule has 13 heteroatoms. The van der Waals surface area contributed by atoms with E-state index in [-0.39, 0.29) is 18.7 Å². The molecule has 1 aliphatic heterocycles. The lowest BCUT2D eigenvalue weighted by Crippen LogP contribution is -2.50. The van der Waals surface area contributed by atoms with E-state index in [1.165, 1.54) is 11.8 Å². The second-order valence-electron chi connectivity index (χ2n) is 8.54. The normalized spacial score (nSPS) is 15.1. The van der Waals surface area contributed by atoms with E-state index in [0.29, 0.717) is 22.0 Å². The molecule has 0 spiro atoms. The van der Waals surface area contributed by atoms with E-state index in [0.717, 1.165) is 16.8 Å². The van der Waals surface area contributed by atoms with Crippen molar-refractivity contribution in [2.75, 3.05) is 16.5 Å². The van der Waals surface area contributed by atoms with Gasteiger partial charge in [-0.25, -0.2) is 15.0 Å². The van der Waals surface area contributed by atoms with Gasteiger partial charge in [0.1, 0.15) is 17.4 Å². The molecular formula is C25H21ClF3N7O2. The fourth-order valence-electron chi connectivity index (χ4n) is 3.67. The van der Waals surface area contributed by atoms with Gasteiger partial charge in [-0.3, -0.25) is 19.9 Å². The van der Waals surface area contributed by atoms with Crippen LogP contribution in [0.3, 0.4) is 0 Å². The van der Waals surface area contributed by atoms with Crippen molar-refractivity contribution >= 4 is 35.1 Å². The number of hydrazine groups is 1. The minimum atomic E-state index is -4.74. The van der Waals surface area contributed by atoms with E-state index in [4.69, 9.17) is 11.6 Å². The number of amides is 2. The van der Waals surface area contributed by atoms with Gasteiger partial charge in [-0.2, -0.15) is 18.3 Å². The molecule has 1 unspecified atom stereocenters. The van der Waals surface area contributed by atoms with E-state index in [9.17, 15) is 22.8 Å². The SMILES string of the molecule is Cc1ccc(C#CCN(C(=O)C2CC(=O)NN2c2nc(C)cc(C(F)(F)F)n2)c2ccc(Cl)c(C)c2)nn1. The summed E-state index contributed by atoms with van der Waals surface area (Å²) in [5.41, 5.74) is 3.46. The Morgan fingerprint density at radius 3 is 2.55 bits per heavy atom. The lowest BCUT2D eigenvalue weighted by molar-refractivity contribution is -0.141. The predicted octanol–water partition coefficient (Wildman–Crippen LogP) is 3.56. The van der Waals surface area contributed by atoms with E-state index in [1.54, 1.807) is 44.2 Å². The monoisotopic (exact) mass is 543 g/mol. The Labute approximate surface area is 221 Å². The molecule has 0 saturated carbocycles. The summed E-state index contributed by atoms with van der Waals surface area (Å²) in [5.74, 6) is 4.09. The maximum absolute atomic E-state index is 13.8. The highest BCUT2D eigenvalue weighted by Gasteiger charge is 2.41. The summed E-state index contributed by atoms with van der Waals surface area (Å²) in [6.07, 6.45) is -5.07. The minimum Gasteiger partial charge on any atom is -0.299 e. The van der Waals surface area contributed by atoms with Crippen molar-refractivity contribution in [2.45, 2.75) is 39.4 Å². The Bertz CT molecular complexity index is 1450. The van der Waals surface area contributed by atoms with Crippen LogP contribution >= 0.6 is 11.6 Å². The number of carbonyl (C=O) groups is 2. The van der Waals surface area contributed by atoms with Crippen molar-refractivity contribution in [3.63, 3.8) is 0 Å². The number of halogens is 4. The quantitative estimate of drug-likeness (QED) is 0.502. The fraction of sp³-hybridized carbons (Fsp3) is 0.280. The molecule has 2 aromatic heterocycles. The van der Waals surface area contributed by atoms with Gasteiger partial charge < -0.3 is 0 Å². The van der Waals surface area contributed by atoms with Crippen molar-refractivity contribution in [2.24, 2.45) is 0 Å². The zero-order chi connectivity index (χ0) is 27.6. The van der Waals surface area contributed by atoms with Crippen LogP contribution in [0.5, 0.6) is 0 Å². The molecule has 0 radical (unpaired) electrons. The van der Waals surface area contributed by atoms with Gasteiger partial charge in [0.25, 0.3) is 5.91 Å². The molecule has 3 aromatic rings. The summed E-state index contributed by atoms with van der Waals surface area (Å²) in [7, 11) is 0. The third kappa shape index (κ3) is 6.00. The first-order valence-electron chi connectivity index (χ1n) is 11.3. The average Bonchev–Trinajstić information content (AvgIpc) is 3.25. The molecule has 1 fully saturated rings. The number of hydrogen-bond donors (Lipinski definition) is 1. The third-order valence-corrected chi connectivity index (χ3v) is 5.96. The van der Waals surface area contributed by atoms with Gasteiger partial charge in [-0.1, -0.05) is 17.5 Å². The van der Waals surface area contributed by atoms with Crippen LogP contribution in [0.1, 0.15) is 34.8 Å². The molecule has 4 rings (SSSR count). The summed E-state index contributed by atoms with van der Waals surface area (Å²) in [5, 5.41) is 9.36. The molecule has 1 aliphatic rings. The van der Waals surface area contributed by atoms with Gasteiger partial charge in [0.2, 0.25) is 11.9 Å². The highest BCUT2D eigenvalue weighted by Crippen LogP contribution is 2.31. The average molecular weight is 544 g/mol. The van der Waals surface area contributed by atoms with Crippen LogP contribution in [-0.2, 0) is 15.8 Å². The summed E-state index contributed by atoms with van der Waals surface area (Å²) >= 11 is 6.16. The molecule has 1 N–H and O–H groups in total.